The molecule has 164 valence electrons. The first-order valence-electron chi connectivity index (χ1n) is 10.0. The highest BCUT2D eigenvalue weighted by atomic mass is 32.2. The van der Waals surface area contributed by atoms with Crippen molar-refractivity contribution in [1.82, 2.24) is 25.1 Å². The van der Waals surface area contributed by atoms with Crippen LogP contribution >= 0.6 is 11.8 Å². The van der Waals surface area contributed by atoms with E-state index in [4.69, 9.17) is 5.73 Å². The highest BCUT2D eigenvalue weighted by molar-refractivity contribution is 7.98. The molecule has 0 aliphatic heterocycles. The van der Waals surface area contributed by atoms with E-state index in [2.05, 4.69) is 20.4 Å². The van der Waals surface area contributed by atoms with Gasteiger partial charge in [-0.3, -0.25) is 14.4 Å². The molecule has 9 nitrogen and oxygen atoms in total. The number of carbonyl (C=O) groups is 2. The molecule has 0 aliphatic carbocycles. The normalized spacial score (nSPS) is 12.2. The first-order chi connectivity index (χ1) is 15.5. The van der Waals surface area contributed by atoms with Crippen molar-refractivity contribution in [3.05, 3.63) is 70.4 Å². The molecule has 0 fully saturated rings. The molecule has 0 aliphatic rings. The highest BCUT2D eigenvalue weighted by Gasteiger charge is 2.20. The summed E-state index contributed by atoms with van der Waals surface area (Å²) in [5, 5.41) is 7.64. The molecule has 0 saturated carbocycles. The van der Waals surface area contributed by atoms with E-state index >= 15 is 0 Å². The minimum Gasteiger partial charge on any atom is -0.364 e. The Kier molecular flexibility index (Phi) is 6.22. The van der Waals surface area contributed by atoms with Gasteiger partial charge in [-0.1, -0.05) is 30.3 Å². The van der Waals surface area contributed by atoms with Crippen LogP contribution in [0, 0.1) is 0 Å². The third kappa shape index (κ3) is 4.35. The third-order valence-corrected chi connectivity index (χ3v) is 5.72. The number of nitrogens with two attached hydrogens (primary N) is 1. The molecule has 2 amide bonds. The summed E-state index contributed by atoms with van der Waals surface area (Å²) in [7, 11) is 0. The zero-order valence-electron chi connectivity index (χ0n) is 17.4. The molecule has 0 spiro atoms. The summed E-state index contributed by atoms with van der Waals surface area (Å²) < 4.78 is 0.974. The average Bonchev–Trinajstić information content (AvgIpc) is 3.22. The molecular formula is C22H22N6O3S. The quantitative estimate of drug-likeness (QED) is 0.376. The number of benzene rings is 2. The number of para-hydroxylation sites is 2. The van der Waals surface area contributed by atoms with Crippen LogP contribution in [-0.2, 0) is 11.3 Å². The van der Waals surface area contributed by atoms with Crippen molar-refractivity contribution < 1.29 is 9.59 Å². The van der Waals surface area contributed by atoms with Crippen LogP contribution in [0.4, 0.5) is 0 Å². The van der Waals surface area contributed by atoms with Gasteiger partial charge >= 0.3 is 0 Å². The predicted octanol–water partition coefficient (Wildman–Crippen LogP) is 1.98. The zero-order valence-corrected chi connectivity index (χ0v) is 18.2. The molecule has 4 rings (SSSR count). The maximum atomic E-state index is 12.9. The SMILES string of the molecule is CSCC[C@@H](NC(=O)Cn1nc(C(N)=O)c2ccccc2c1=O)c1nc2ccccc2[nH]1. The molecule has 0 unspecified atom stereocenters. The fourth-order valence-electron chi connectivity index (χ4n) is 3.55. The molecule has 1 atom stereocenters. The summed E-state index contributed by atoms with van der Waals surface area (Å²) in [6.07, 6.45) is 2.64. The van der Waals surface area contributed by atoms with E-state index in [1.807, 2.05) is 30.5 Å². The smallest absolute Gasteiger partial charge is 0.275 e. The van der Waals surface area contributed by atoms with Gasteiger partial charge in [0.05, 0.1) is 22.5 Å². The van der Waals surface area contributed by atoms with E-state index in [0.717, 1.165) is 21.5 Å². The number of nitrogens with zero attached hydrogens (tertiary/aromatic N) is 3. The highest BCUT2D eigenvalue weighted by Crippen LogP contribution is 2.20. The number of aromatic nitrogens is 4. The lowest BCUT2D eigenvalue weighted by molar-refractivity contribution is -0.122. The van der Waals surface area contributed by atoms with E-state index in [9.17, 15) is 14.4 Å². The maximum Gasteiger partial charge on any atom is 0.275 e. The minimum absolute atomic E-state index is 0.0517. The van der Waals surface area contributed by atoms with Crippen LogP contribution < -0.4 is 16.6 Å². The van der Waals surface area contributed by atoms with E-state index in [0.29, 0.717) is 17.6 Å². The summed E-state index contributed by atoms with van der Waals surface area (Å²) in [6.45, 7) is -0.347. The zero-order chi connectivity index (χ0) is 22.7. The van der Waals surface area contributed by atoms with Crippen molar-refractivity contribution in [2.75, 3.05) is 12.0 Å². The molecule has 2 aromatic heterocycles. The summed E-state index contributed by atoms with van der Waals surface area (Å²) >= 11 is 1.66. The fourth-order valence-corrected chi connectivity index (χ4v) is 4.02. The van der Waals surface area contributed by atoms with Crippen LogP contribution in [0.15, 0.2) is 53.3 Å². The van der Waals surface area contributed by atoms with Gasteiger partial charge < -0.3 is 16.0 Å². The molecule has 10 heteroatoms. The molecule has 2 aromatic carbocycles. The van der Waals surface area contributed by atoms with Crippen LogP contribution in [-0.4, -0.2) is 43.6 Å². The number of carbonyl (C=O) groups excluding carboxylic acids is 2. The van der Waals surface area contributed by atoms with Gasteiger partial charge in [0.25, 0.3) is 11.5 Å². The number of primary amides is 1. The first kappa shape index (κ1) is 21.6. The summed E-state index contributed by atoms with van der Waals surface area (Å²) in [4.78, 5) is 45.4. The lowest BCUT2D eigenvalue weighted by atomic mass is 10.1. The Morgan fingerprint density at radius 2 is 1.88 bits per heavy atom. The summed E-state index contributed by atoms with van der Waals surface area (Å²) in [5.41, 5.74) is 6.62. The number of H-pyrrole nitrogens is 1. The average molecular weight is 451 g/mol. The van der Waals surface area contributed by atoms with Gasteiger partial charge in [-0.15, -0.1) is 0 Å². The lowest BCUT2D eigenvalue weighted by Gasteiger charge is -2.17. The van der Waals surface area contributed by atoms with Crippen molar-refractivity contribution in [1.29, 1.82) is 0 Å². The molecule has 32 heavy (non-hydrogen) atoms. The molecule has 4 N–H and O–H groups in total. The Labute approximate surface area is 187 Å². The Morgan fingerprint density at radius 1 is 1.16 bits per heavy atom. The van der Waals surface area contributed by atoms with Gasteiger partial charge in [0, 0.05) is 5.39 Å². The van der Waals surface area contributed by atoms with E-state index in [-0.39, 0.29) is 23.7 Å². The Hall–Kier alpha value is -3.66. The standard InChI is InChI=1S/C22H22N6O3S/c1-32-11-10-17(21-25-15-8-4-5-9-16(15)26-21)24-18(29)12-28-22(31)14-7-3-2-6-13(14)19(27-28)20(23)30/h2-9,17H,10-12H2,1H3,(H2,23,30)(H,24,29)(H,25,26)/t17-/m1/s1. The van der Waals surface area contributed by atoms with Gasteiger partial charge in [-0.2, -0.15) is 16.9 Å². The first-order valence-corrected chi connectivity index (χ1v) is 11.4. The molecule has 2 heterocycles. The number of nitrogens with one attached hydrogen (secondary N) is 2. The van der Waals surface area contributed by atoms with Crippen molar-refractivity contribution in [3.63, 3.8) is 0 Å². The number of aromatic amines is 1. The number of thioether (sulfide) groups is 1. The van der Waals surface area contributed by atoms with Crippen molar-refractivity contribution in [2.24, 2.45) is 5.73 Å². The van der Waals surface area contributed by atoms with E-state index < -0.39 is 17.4 Å². The van der Waals surface area contributed by atoms with E-state index in [1.54, 1.807) is 36.0 Å². The third-order valence-electron chi connectivity index (χ3n) is 5.08. The van der Waals surface area contributed by atoms with Crippen molar-refractivity contribution >= 4 is 45.4 Å². The summed E-state index contributed by atoms with van der Waals surface area (Å²) in [5.74, 6) is 0.264. The van der Waals surface area contributed by atoms with Gasteiger partial charge in [-0.25, -0.2) is 9.67 Å². The lowest BCUT2D eigenvalue weighted by Crippen LogP contribution is -2.37. The molecule has 0 radical (unpaired) electrons. The number of rotatable bonds is 8. The monoisotopic (exact) mass is 450 g/mol. The number of hydrogen-bond acceptors (Lipinski definition) is 6. The molecule has 4 aromatic rings. The molecule has 0 saturated heterocycles. The minimum atomic E-state index is -0.768. The van der Waals surface area contributed by atoms with Crippen LogP contribution in [0.3, 0.4) is 0 Å². The van der Waals surface area contributed by atoms with Crippen LogP contribution in [0.1, 0.15) is 28.8 Å². The van der Waals surface area contributed by atoms with Crippen molar-refractivity contribution in [2.45, 2.75) is 19.0 Å². The topological polar surface area (TPSA) is 136 Å². The second kappa shape index (κ2) is 9.23. The molecule has 0 bridgehead atoms. The van der Waals surface area contributed by atoms with Gasteiger partial charge in [0.2, 0.25) is 5.91 Å². The number of imidazole rings is 1. The van der Waals surface area contributed by atoms with Crippen LogP contribution in [0.25, 0.3) is 21.8 Å². The van der Waals surface area contributed by atoms with E-state index in [1.165, 1.54) is 0 Å². The van der Waals surface area contributed by atoms with Crippen molar-refractivity contribution in [3.8, 4) is 0 Å². The molecular weight excluding hydrogens is 428 g/mol. The fraction of sp³-hybridized carbons (Fsp3) is 0.227. The van der Waals surface area contributed by atoms with Gasteiger partial charge in [0.15, 0.2) is 5.69 Å². The maximum absolute atomic E-state index is 12.9. The number of fused-ring (bicyclic) bond motifs is 2. The second-order valence-electron chi connectivity index (χ2n) is 7.26. The second-order valence-corrected chi connectivity index (χ2v) is 8.25. The largest absolute Gasteiger partial charge is 0.364 e. The van der Waals surface area contributed by atoms with Crippen LogP contribution in [0.2, 0.25) is 0 Å². The Bertz CT molecular complexity index is 1330. The Balaban J connectivity index is 1.62. The van der Waals surface area contributed by atoms with Gasteiger partial charge in [-0.05, 0) is 36.6 Å². The van der Waals surface area contributed by atoms with Gasteiger partial charge in [0.1, 0.15) is 12.4 Å². The summed E-state index contributed by atoms with van der Waals surface area (Å²) in [6, 6.07) is 13.8. The Morgan fingerprint density at radius 3 is 2.59 bits per heavy atom. The van der Waals surface area contributed by atoms with Crippen LogP contribution in [0.5, 0.6) is 0 Å². The number of amides is 2. The number of hydrogen-bond donors (Lipinski definition) is 3. The predicted molar refractivity (Wildman–Crippen MR) is 124 cm³/mol.